The van der Waals surface area contributed by atoms with E-state index in [-0.39, 0.29) is 12.0 Å². The summed E-state index contributed by atoms with van der Waals surface area (Å²) < 4.78 is 10.8. The summed E-state index contributed by atoms with van der Waals surface area (Å²) in [5.41, 5.74) is 2.96. The molecule has 24 heavy (non-hydrogen) atoms. The van der Waals surface area contributed by atoms with Gasteiger partial charge in [-0.1, -0.05) is 54.6 Å². The Morgan fingerprint density at radius 2 is 1.67 bits per heavy atom. The first-order valence-corrected chi connectivity index (χ1v) is 8.09. The van der Waals surface area contributed by atoms with Crippen LogP contribution in [0.25, 0.3) is 11.1 Å². The third-order valence-electron chi connectivity index (χ3n) is 4.94. The highest BCUT2D eigenvalue weighted by Crippen LogP contribution is 2.39. The Morgan fingerprint density at radius 1 is 1.04 bits per heavy atom. The number of hydrogen-bond donors (Lipinski definition) is 0. The Labute approximate surface area is 143 Å². The molecule has 1 fully saturated rings. The van der Waals surface area contributed by atoms with E-state index in [9.17, 15) is 4.79 Å². The lowest BCUT2D eigenvalue weighted by Crippen LogP contribution is -2.33. The molecule has 4 heteroatoms. The molecular formula is C20H23NO3. The number of nitrogens with zero attached hydrogens (tertiary/aromatic N) is 1. The summed E-state index contributed by atoms with van der Waals surface area (Å²) in [6, 6.07) is 18.4. The molecule has 0 aliphatic carbocycles. The molecule has 2 atom stereocenters. The number of likely N-dealkylation sites (N-methyl/N-ethyl adjacent to an activating group) is 1. The molecule has 1 heterocycles. The highest BCUT2D eigenvalue weighted by molar-refractivity contribution is 5.76. The predicted octanol–water partition coefficient (Wildman–Crippen LogP) is 3.07. The summed E-state index contributed by atoms with van der Waals surface area (Å²) in [4.78, 5) is 14.0. The van der Waals surface area contributed by atoms with Gasteiger partial charge in [-0.2, -0.15) is 0 Å². The molecule has 0 bridgehead atoms. The Kier molecular flexibility index (Phi) is 4.69. The standard InChI is InChI=1S/C20H23NO3/c1-21-14-20(24-3,13-18(21)19(22)23-2)17-11-9-16(10-12-17)15-7-5-4-6-8-15/h4-12,18H,13-14H2,1-3H3/t18?,20-/m0/s1. The number of rotatable bonds is 4. The van der Waals surface area contributed by atoms with Crippen LogP contribution < -0.4 is 0 Å². The average Bonchev–Trinajstić information content (AvgIpc) is 3.00. The third kappa shape index (κ3) is 2.95. The monoisotopic (exact) mass is 325 g/mol. The van der Waals surface area contributed by atoms with Crippen molar-refractivity contribution in [1.29, 1.82) is 0 Å². The Morgan fingerprint density at radius 3 is 2.25 bits per heavy atom. The van der Waals surface area contributed by atoms with Crippen LogP contribution >= 0.6 is 0 Å². The normalized spacial score (nSPS) is 24.0. The molecule has 3 rings (SSSR count). The maximum absolute atomic E-state index is 12.0. The van der Waals surface area contributed by atoms with E-state index in [0.29, 0.717) is 13.0 Å². The number of carbonyl (C=O) groups is 1. The highest BCUT2D eigenvalue weighted by Gasteiger charge is 2.47. The van der Waals surface area contributed by atoms with Crippen molar-refractivity contribution in [3.8, 4) is 11.1 Å². The first kappa shape index (κ1) is 16.7. The van der Waals surface area contributed by atoms with Crippen LogP contribution in [0.2, 0.25) is 0 Å². The maximum atomic E-state index is 12.0. The second-order valence-electron chi connectivity index (χ2n) is 6.30. The molecule has 0 aromatic heterocycles. The van der Waals surface area contributed by atoms with Gasteiger partial charge in [0.1, 0.15) is 11.6 Å². The average molecular weight is 325 g/mol. The second-order valence-corrected chi connectivity index (χ2v) is 6.30. The summed E-state index contributed by atoms with van der Waals surface area (Å²) in [7, 11) is 5.07. The van der Waals surface area contributed by atoms with Gasteiger partial charge >= 0.3 is 5.97 Å². The molecule has 2 aromatic rings. The minimum absolute atomic E-state index is 0.211. The maximum Gasteiger partial charge on any atom is 0.323 e. The zero-order valence-electron chi connectivity index (χ0n) is 14.4. The Hall–Kier alpha value is -2.17. The summed E-state index contributed by atoms with van der Waals surface area (Å²) in [6.07, 6.45) is 0.595. The quantitative estimate of drug-likeness (QED) is 0.810. The first-order chi connectivity index (χ1) is 11.6. The van der Waals surface area contributed by atoms with Gasteiger partial charge in [-0.05, 0) is 23.7 Å². The van der Waals surface area contributed by atoms with E-state index in [4.69, 9.17) is 9.47 Å². The number of ether oxygens (including phenoxy) is 2. The lowest BCUT2D eigenvalue weighted by Gasteiger charge is -2.28. The van der Waals surface area contributed by atoms with E-state index in [0.717, 1.165) is 5.56 Å². The molecule has 1 saturated heterocycles. The lowest BCUT2D eigenvalue weighted by molar-refractivity contribution is -0.145. The predicted molar refractivity (Wildman–Crippen MR) is 93.6 cm³/mol. The summed E-state index contributed by atoms with van der Waals surface area (Å²) >= 11 is 0. The number of hydrogen-bond acceptors (Lipinski definition) is 4. The zero-order chi connectivity index (χ0) is 17.2. The molecular weight excluding hydrogens is 302 g/mol. The first-order valence-electron chi connectivity index (χ1n) is 8.09. The number of carbonyl (C=O) groups excluding carboxylic acids is 1. The molecule has 0 N–H and O–H groups in total. The molecule has 0 amide bonds. The summed E-state index contributed by atoms with van der Waals surface area (Å²) in [5.74, 6) is -0.211. The minimum atomic E-state index is -0.483. The topological polar surface area (TPSA) is 38.8 Å². The van der Waals surface area contributed by atoms with Crippen LogP contribution in [0.15, 0.2) is 54.6 Å². The van der Waals surface area contributed by atoms with Gasteiger partial charge in [0.15, 0.2) is 0 Å². The van der Waals surface area contributed by atoms with Gasteiger partial charge < -0.3 is 9.47 Å². The van der Waals surface area contributed by atoms with Gasteiger partial charge in [-0.15, -0.1) is 0 Å². The van der Waals surface area contributed by atoms with Crippen LogP contribution in [-0.2, 0) is 19.9 Å². The Balaban J connectivity index is 1.88. The third-order valence-corrected chi connectivity index (χ3v) is 4.94. The van der Waals surface area contributed by atoms with Gasteiger partial charge in [0.25, 0.3) is 0 Å². The summed E-state index contributed by atoms with van der Waals surface area (Å²) in [5, 5.41) is 0. The minimum Gasteiger partial charge on any atom is -0.468 e. The van der Waals surface area contributed by atoms with Crippen molar-refractivity contribution >= 4 is 5.97 Å². The van der Waals surface area contributed by atoms with Crippen molar-refractivity contribution < 1.29 is 14.3 Å². The Bertz CT molecular complexity index is 699. The molecule has 4 nitrogen and oxygen atoms in total. The zero-order valence-corrected chi connectivity index (χ0v) is 14.4. The number of esters is 1. The van der Waals surface area contributed by atoms with Gasteiger partial charge in [0, 0.05) is 20.1 Å². The molecule has 1 unspecified atom stereocenters. The van der Waals surface area contributed by atoms with Gasteiger partial charge in [-0.25, -0.2) is 0 Å². The SMILES string of the molecule is COC(=O)C1C[C@@](OC)(c2ccc(-c3ccccc3)cc2)CN1C. The lowest BCUT2D eigenvalue weighted by atomic mass is 9.89. The van der Waals surface area contributed by atoms with Gasteiger partial charge in [0.2, 0.25) is 0 Å². The molecule has 2 aromatic carbocycles. The fourth-order valence-corrected chi connectivity index (χ4v) is 3.52. The molecule has 1 aliphatic heterocycles. The van der Waals surface area contributed by atoms with Crippen molar-refractivity contribution in [3.63, 3.8) is 0 Å². The van der Waals surface area contributed by atoms with Crippen LogP contribution in [0.5, 0.6) is 0 Å². The van der Waals surface area contributed by atoms with E-state index in [1.54, 1.807) is 7.11 Å². The molecule has 126 valence electrons. The van der Waals surface area contributed by atoms with Crippen molar-refractivity contribution in [2.75, 3.05) is 27.8 Å². The van der Waals surface area contributed by atoms with Crippen molar-refractivity contribution in [2.24, 2.45) is 0 Å². The van der Waals surface area contributed by atoms with E-state index in [2.05, 4.69) is 36.4 Å². The molecule has 0 spiro atoms. The summed E-state index contributed by atoms with van der Waals surface area (Å²) in [6.45, 7) is 0.661. The molecule has 1 aliphatic rings. The number of likely N-dealkylation sites (tertiary alicyclic amines) is 1. The van der Waals surface area contributed by atoms with Crippen molar-refractivity contribution in [2.45, 2.75) is 18.1 Å². The van der Waals surface area contributed by atoms with Crippen LogP contribution in [0.1, 0.15) is 12.0 Å². The van der Waals surface area contributed by atoms with E-state index >= 15 is 0 Å². The second kappa shape index (κ2) is 6.75. The fraction of sp³-hybridized carbons (Fsp3) is 0.350. The van der Waals surface area contributed by atoms with Crippen LogP contribution in [0.4, 0.5) is 0 Å². The highest BCUT2D eigenvalue weighted by atomic mass is 16.5. The number of benzene rings is 2. The van der Waals surface area contributed by atoms with E-state index in [1.807, 2.05) is 30.1 Å². The van der Waals surface area contributed by atoms with Crippen LogP contribution in [0.3, 0.4) is 0 Å². The largest absolute Gasteiger partial charge is 0.468 e. The molecule has 0 saturated carbocycles. The number of methoxy groups -OCH3 is 2. The van der Waals surface area contributed by atoms with Gasteiger partial charge in [0.05, 0.1) is 7.11 Å². The smallest absolute Gasteiger partial charge is 0.323 e. The van der Waals surface area contributed by atoms with E-state index in [1.165, 1.54) is 18.2 Å². The van der Waals surface area contributed by atoms with Crippen LogP contribution in [0, 0.1) is 0 Å². The fourth-order valence-electron chi connectivity index (χ4n) is 3.52. The van der Waals surface area contributed by atoms with Crippen molar-refractivity contribution in [1.82, 2.24) is 4.90 Å². The van der Waals surface area contributed by atoms with Crippen molar-refractivity contribution in [3.05, 3.63) is 60.2 Å². The van der Waals surface area contributed by atoms with Gasteiger partial charge in [-0.3, -0.25) is 9.69 Å². The van der Waals surface area contributed by atoms with Crippen LogP contribution in [-0.4, -0.2) is 44.7 Å². The molecule has 0 radical (unpaired) electrons. The van der Waals surface area contributed by atoms with E-state index < -0.39 is 5.60 Å².